The van der Waals surface area contributed by atoms with Crippen molar-refractivity contribution in [3.05, 3.63) is 61.8 Å². The molecule has 2 rings (SSSR count). The summed E-state index contributed by atoms with van der Waals surface area (Å²) in [5.41, 5.74) is 2.75. The third-order valence-electron chi connectivity index (χ3n) is 2.88. The molecule has 0 radical (unpaired) electrons. The number of hydrogen-bond acceptors (Lipinski definition) is 1. The highest BCUT2D eigenvalue weighted by Crippen LogP contribution is 2.25. The molecule has 104 valence electrons. The second-order valence-corrected chi connectivity index (χ2v) is 6.23. The van der Waals surface area contributed by atoms with E-state index >= 15 is 0 Å². The van der Waals surface area contributed by atoms with Crippen molar-refractivity contribution in [1.29, 1.82) is 0 Å². The average molecular weight is 401 g/mol. The van der Waals surface area contributed by atoms with Crippen molar-refractivity contribution in [1.82, 2.24) is 0 Å². The third-order valence-corrected chi connectivity index (χ3v) is 4.18. The molecule has 0 atom stereocenters. The van der Waals surface area contributed by atoms with Crippen molar-refractivity contribution in [2.45, 2.75) is 13.8 Å². The van der Waals surface area contributed by atoms with Crippen LogP contribution < -0.4 is 5.32 Å². The SMILES string of the molecule is Cc1ccc(Br)c(C(=O)Nc2cc(F)c(Br)cc2C)c1. The lowest BCUT2D eigenvalue weighted by molar-refractivity contribution is 0.102. The van der Waals surface area contributed by atoms with E-state index in [1.807, 2.05) is 26.0 Å². The fourth-order valence-electron chi connectivity index (χ4n) is 1.78. The Labute approximate surface area is 133 Å². The summed E-state index contributed by atoms with van der Waals surface area (Å²) in [5.74, 6) is -0.681. The molecule has 0 aromatic heterocycles. The number of rotatable bonds is 2. The van der Waals surface area contributed by atoms with Gasteiger partial charge in [-0.25, -0.2) is 4.39 Å². The molecule has 0 fully saturated rings. The molecule has 0 aliphatic heterocycles. The van der Waals surface area contributed by atoms with Crippen LogP contribution in [0.3, 0.4) is 0 Å². The van der Waals surface area contributed by atoms with Crippen LogP contribution in [-0.2, 0) is 0 Å². The van der Waals surface area contributed by atoms with Crippen molar-refractivity contribution >= 4 is 43.5 Å². The molecular formula is C15H12Br2FNO. The van der Waals surface area contributed by atoms with Crippen LogP contribution >= 0.6 is 31.9 Å². The minimum absolute atomic E-state index is 0.273. The molecule has 2 nitrogen and oxygen atoms in total. The third kappa shape index (κ3) is 3.27. The zero-order chi connectivity index (χ0) is 14.9. The van der Waals surface area contributed by atoms with Gasteiger partial charge in [0, 0.05) is 10.2 Å². The number of carbonyl (C=O) groups is 1. The van der Waals surface area contributed by atoms with Crippen LogP contribution in [0, 0.1) is 19.7 Å². The lowest BCUT2D eigenvalue weighted by Crippen LogP contribution is -2.14. The van der Waals surface area contributed by atoms with E-state index in [9.17, 15) is 9.18 Å². The first-order valence-corrected chi connectivity index (χ1v) is 7.50. The first-order chi connectivity index (χ1) is 9.38. The monoisotopic (exact) mass is 399 g/mol. The normalized spacial score (nSPS) is 10.4. The van der Waals surface area contributed by atoms with Crippen LogP contribution in [0.4, 0.5) is 10.1 Å². The Morgan fingerprint density at radius 3 is 2.50 bits per heavy atom. The lowest BCUT2D eigenvalue weighted by atomic mass is 10.1. The number of amides is 1. The summed E-state index contributed by atoms with van der Waals surface area (Å²) in [6, 6.07) is 8.45. The molecule has 0 aliphatic rings. The van der Waals surface area contributed by atoms with Gasteiger partial charge in [0.2, 0.25) is 0 Å². The summed E-state index contributed by atoms with van der Waals surface area (Å²) < 4.78 is 14.6. The van der Waals surface area contributed by atoms with Gasteiger partial charge in [-0.05, 0) is 75.5 Å². The van der Waals surface area contributed by atoms with Gasteiger partial charge in [0.15, 0.2) is 0 Å². The Morgan fingerprint density at radius 2 is 1.80 bits per heavy atom. The molecule has 5 heteroatoms. The zero-order valence-electron chi connectivity index (χ0n) is 10.9. The van der Waals surface area contributed by atoms with Gasteiger partial charge >= 0.3 is 0 Å². The van der Waals surface area contributed by atoms with E-state index in [-0.39, 0.29) is 5.91 Å². The molecule has 2 aromatic rings. The van der Waals surface area contributed by atoms with Crippen molar-refractivity contribution < 1.29 is 9.18 Å². The Kier molecular flexibility index (Phi) is 4.60. The van der Waals surface area contributed by atoms with E-state index in [0.717, 1.165) is 11.1 Å². The van der Waals surface area contributed by atoms with Crippen molar-refractivity contribution in [3.8, 4) is 0 Å². The number of hydrogen-bond donors (Lipinski definition) is 1. The minimum Gasteiger partial charge on any atom is -0.322 e. The van der Waals surface area contributed by atoms with Gasteiger partial charge in [-0.1, -0.05) is 11.6 Å². The summed E-state index contributed by atoms with van der Waals surface area (Å²) in [6.07, 6.45) is 0. The fourth-order valence-corrected chi connectivity index (χ4v) is 2.67. The van der Waals surface area contributed by atoms with Gasteiger partial charge < -0.3 is 5.32 Å². The van der Waals surface area contributed by atoms with Crippen molar-refractivity contribution in [2.24, 2.45) is 0 Å². The lowest BCUT2D eigenvalue weighted by Gasteiger charge is -2.11. The molecule has 0 unspecified atom stereocenters. The number of anilines is 1. The maximum absolute atomic E-state index is 13.5. The van der Waals surface area contributed by atoms with Gasteiger partial charge in [0.1, 0.15) is 5.82 Å². The van der Waals surface area contributed by atoms with E-state index in [1.54, 1.807) is 12.1 Å². The number of benzene rings is 2. The van der Waals surface area contributed by atoms with E-state index in [2.05, 4.69) is 37.2 Å². The molecule has 20 heavy (non-hydrogen) atoms. The predicted octanol–water partition coefficient (Wildman–Crippen LogP) is 5.22. The number of halogens is 3. The Balaban J connectivity index is 2.32. The first kappa shape index (κ1) is 15.2. The highest BCUT2D eigenvalue weighted by molar-refractivity contribution is 9.10. The highest BCUT2D eigenvalue weighted by Gasteiger charge is 2.13. The summed E-state index contributed by atoms with van der Waals surface area (Å²) in [6.45, 7) is 3.72. The maximum atomic E-state index is 13.5. The quantitative estimate of drug-likeness (QED) is 0.735. The van der Waals surface area contributed by atoms with E-state index in [4.69, 9.17) is 0 Å². The molecular weight excluding hydrogens is 389 g/mol. The average Bonchev–Trinajstić information content (AvgIpc) is 2.38. The molecule has 2 aromatic carbocycles. The Bertz CT molecular complexity index is 686. The smallest absolute Gasteiger partial charge is 0.256 e. The van der Waals surface area contributed by atoms with E-state index in [1.165, 1.54) is 6.07 Å². The second kappa shape index (κ2) is 6.06. The fraction of sp³-hybridized carbons (Fsp3) is 0.133. The highest BCUT2D eigenvalue weighted by atomic mass is 79.9. The largest absolute Gasteiger partial charge is 0.322 e. The first-order valence-electron chi connectivity index (χ1n) is 5.91. The summed E-state index contributed by atoms with van der Waals surface area (Å²) in [5, 5.41) is 2.73. The summed E-state index contributed by atoms with van der Waals surface area (Å²) in [7, 11) is 0. The molecule has 1 N–H and O–H groups in total. The minimum atomic E-state index is -0.408. The molecule has 1 amide bonds. The topological polar surface area (TPSA) is 29.1 Å². The van der Waals surface area contributed by atoms with Crippen molar-refractivity contribution in [3.63, 3.8) is 0 Å². The summed E-state index contributed by atoms with van der Waals surface area (Å²) >= 11 is 6.46. The predicted molar refractivity (Wildman–Crippen MR) is 85.7 cm³/mol. The van der Waals surface area contributed by atoms with E-state index < -0.39 is 5.82 Å². The van der Waals surface area contributed by atoms with Crippen LogP contribution in [0.25, 0.3) is 0 Å². The summed E-state index contributed by atoms with van der Waals surface area (Å²) in [4.78, 5) is 12.3. The van der Waals surface area contributed by atoms with Crippen molar-refractivity contribution in [2.75, 3.05) is 5.32 Å². The maximum Gasteiger partial charge on any atom is 0.256 e. The number of nitrogens with one attached hydrogen (secondary N) is 1. The Morgan fingerprint density at radius 1 is 1.10 bits per heavy atom. The number of carbonyl (C=O) groups excluding carboxylic acids is 1. The van der Waals surface area contributed by atoms with Crippen LogP contribution in [0.5, 0.6) is 0 Å². The van der Waals surface area contributed by atoms with E-state index in [0.29, 0.717) is 20.2 Å². The Hall–Kier alpha value is -1.20. The zero-order valence-corrected chi connectivity index (χ0v) is 14.1. The van der Waals surface area contributed by atoms with Gasteiger partial charge in [-0.2, -0.15) is 0 Å². The van der Waals surface area contributed by atoms with Gasteiger partial charge in [0.25, 0.3) is 5.91 Å². The van der Waals surface area contributed by atoms with Gasteiger partial charge in [-0.3, -0.25) is 4.79 Å². The number of aryl methyl sites for hydroxylation is 2. The second-order valence-electron chi connectivity index (χ2n) is 4.52. The molecule has 0 saturated carbocycles. The molecule has 0 spiro atoms. The van der Waals surface area contributed by atoms with Gasteiger partial charge in [-0.15, -0.1) is 0 Å². The molecule has 0 heterocycles. The molecule has 0 aliphatic carbocycles. The van der Waals surface area contributed by atoms with Crippen LogP contribution in [0.15, 0.2) is 39.3 Å². The standard InChI is InChI=1S/C15H12Br2FNO/c1-8-3-4-11(16)10(5-8)15(20)19-14-7-13(18)12(17)6-9(14)2/h3-7H,1-2H3,(H,19,20). The van der Waals surface area contributed by atoms with Crippen LogP contribution in [-0.4, -0.2) is 5.91 Å². The van der Waals surface area contributed by atoms with Crippen LogP contribution in [0.1, 0.15) is 21.5 Å². The van der Waals surface area contributed by atoms with Crippen LogP contribution in [0.2, 0.25) is 0 Å². The molecule has 0 saturated heterocycles. The van der Waals surface area contributed by atoms with Gasteiger partial charge in [0.05, 0.1) is 10.0 Å². The molecule has 0 bridgehead atoms.